The van der Waals surface area contributed by atoms with Crippen LogP contribution in [0.3, 0.4) is 0 Å². The van der Waals surface area contributed by atoms with Gasteiger partial charge in [-0.1, -0.05) is 36.4 Å². The highest BCUT2D eigenvalue weighted by molar-refractivity contribution is 6.46. The number of Topliss-reactive ketones (excluding diaryl/α,β-unsaturated/α-hetero) is 1. The van der Waals surface area contributed by atoms with Crippen LogP contribution in [-0.4, -0.2) is 49.6 Å². The molecule has 0 aromatic heterocycles. The van der Waals surface area contributed by atoms with Crippen molar-refractivity contribution in [1.82, 2.24) is 4.90 Å². The Morgan fingerprint density at radius 2 is 1.54 bits per heavy atom. The lowest BCUT2D eigenvalue weighted by Gasteiger charge is -2.25. The van der Waals surface area contributed by atoms with Gasteiger partial charge < -0.3 is 24.2 Å². The van der Waals surface area contributed by atoms with Crippen LogP contribution in [0.1, 0.15) is 22.7 Å². The quantitative estimate of drug-likeness (QED) is 0.297. The van der Waals surface area contributed by atoms with Crippen LogP contribution < -0.4 is 14.2 Å². The number of aliphatic hydroxyl groups excluding tert-OH is 1. The van der Waals surface area contributed by atoms with Crippen molar-refractivity contribution in [3.05, 3.63) is 95.1 Å². The number of nitrogens with zero attached hydrogens (tertiary/aromatic N) is 1. The molecule has 1 atom stereocenters. The van der Waals surface area contributed by atoms with E-state index in [9.17, 15) is 14.7 Å². The average molecular weight is 474 g/mol. The molecule has 35 heavy (non-hydrogen) atoms. The normalized spacial score (nSPS) is 16.9. The molecule has 4 rings (SSSR count). The number of carbonyl (C=O) groups excluding carboxylic acids is 2. The average Bonchev–Trinajstić information content (AvgIpc) is 3.16. The number of hydrogen-bond acceptors (Lipinski definition) is 6. The molecule has 1 fully saturated rings. The molecular formula is C28H27NO6. The molecule has 7 heteroatoms. The van der Waals surface area contributed by atoms with Crippen LogP contribution in [0.4, 0.5) is 0 Å². The minimum Gasteiger partial charge on any atom is -0.507 e. The first kappa shape index (κ1) is 23.9. The van der Waals surface area contributed by atoms with Gasteiger partial charge in [0.05, 0.1) is 32.9 Å². The minimum absolute atomic E-state index is 0.0682. The standard InChI is InChI=1S/C28H27NO6/c1-33-21-12-10-20(11-13-21)26(30)24-25(19-7-5-4-6-8-19)29(28(32)27(24)31)16-15-18-9-14-22(34-2)23(17-18)35-3/h4-14,17,25,30H,15-16H2,1-3H3/t25-/m1/s1. The van der Waals surface area contributed by atoms with E-state index < -0.39 is 17.7 Å². The van der Waals surface area contributed by atoms with Gasteiger partial charge in [0.15, 0.2) is 11.5 Å². The van der Waals surface area contributed by atoms with Crippen molar-refractivity contribution in [2.24, 2.45) is 0 Å². The van der Waals surface area contributed by atoms with E-state index in [-0.39, 0.29) is 17.9 Å². The Morgan fingerprint density at radius 3 is 2.17 bits per heavy atom. The lowest BCUT2D eigenvalue weighted by molar-refractivity contribution is -0.139. The third kappa shape index (κ3) is 4.71. The van der Waals surface area contributed by atoms with Crippen molar-refractivity contribution < 1.29 is 28.9 Å². The predicted octanol–water partition coefficient (Wildman–Crippen LogP) is 4.38. The third-order valence-electron chi connectivity index (χ3n) is 6.11. The SMILES string of the molecule is COc1ccc(C(O)=C2C(=O)C(=O)N(CCc3ccc(OC)c(OC)c3)[C@@H]2c2ccccc2)cc1. The fourth-order valence-corrected chi connectivity index (χ4v) is 4.28. The molecule has 1 aliphatic heterocycles. The maximum absolute atomic E-state index is 13.2. The summed E-state index contributed by atoms with van der Waals surface area (Å²) in [5.41, 5.74) is 2.17. The number of methoxy groups -OCH3 is 3. The first-order valence-corrected chi connectivity index (χ1v) is 11.2. The second-order valence-electron chi connectivity index (χ2n) is 8.07. The van der Waals surface area contributed by atoms with Gasteiger partial charge >= 0.3 is 0 Å². The summed E-state index contributed by atoms with van der Waals surface area (Å²) < 4.78 is 15.9. The van der Waals surface area contributed by atoms with Crippen molar-refractivity contribution in [3.63, 3.8) is 0 Å². The molecule has 1 saturated heterocycles. The Balaban J connectivity index is 1.71. The second kappa shape index (κ2) is 10.3. The van der Waals surface area contributed by atoms with Crippen LogP contribution in [0, 0.1) is 0 Å². The Kier molecular flexibility index (Phi) is 7.06. The van der Waals surface area contributed by atoms with Crippen LogP contribution in [0.5, 0.6) is 17.2 Å². The molecule has 3 aromatic carbocycles. The van der Waals surface area contributed by atoms with Crippen molar-refractivity contribution in [1.29, 1.82) is 0 Å². The van der Waals surface area contributed by atoms with E-state index in [1.165, 1.54) is 4.90 Å². The van der Waals surface area contributed by atoms with E-state index in [0.717, 1.165) is 11.1 Å². The number of ether oxygens (including phenoxy) is 3. The summed E-state index contributed by atoms with van der Waals surface area (Å²) >= 11 is 0. The zero-order valence-corrected chi connectivity index (χ0v) is 19.9. The summed E-state index contributed by atoms with van der Waals surface area (Å²) in [6.07, 6.45) is 0.485. The molecule has 7 nitrogen and oxygen atoms in total. The molecule has 0 spiro atoms. The van der Waals surface area contributed by atoms with E-state index >= 15 is 0 Å². The topological polar surface area (TPSA) is 85.3 Å². The number of aliphatic hydroxyl groups is 1. The Morgan fingerprint density at radius 1 is 0.857 bits per heavy atom. The molecule has 0 unspecified atom stereocenters. The molecule has 1 heterocycles. The van der Waals surface area contributed by atoms with Crippen LogP contribution in [0.2, 0.25) is 0 Å². The number of rotatable bonds is 8. The lowest BCUT2D eigenvalue weighted by atomic mass is 9.95. The Bertz CT molecular complexity index is 1250. The van der Waals surface area contributed by atoms with Gasteiger partial charge in [0.1, 0.15) is 11.5 Å². The van der Waals surface area contributed by atoms with Gasteiger partial charge in [-0.25, -0.2) is 0 Å². The summed E-state index contributed by atoms with van der Waals surface area (Å²) in [5, 5.41) is 11.1. The number of likely N-dealkylation sites (tertiary alicyclic amines) is 1. The molecule has 1 amide bonds. The molecule has 3 aromatic rings. The van der Waals surface area contributed by atoms with E-state index in [4.69, 9.17) is 14.2 Å². The van der Waals surface area contributed by atoms with Crippen molar-refractivity contribution in [2.45, 2.75) is 12.5 Å². The van der Waals surface area contributed by atoms with E-state index in [0.29, 0.717) is 29.2 Å². The number of ketones is 1. The van der Waals surface area contributed by atoms with Gasteiger partial charge in [-0.3, -0.25) is 9.59 Å². The Labute approximate surface area is 204 Å². The second-order valence-corrected chi connectivity index (χ2v) is 8.07. The molecular weight excluding hydrogens is 446 g/mol. The van der Waals surface area contributed by atoms with Gasteiger partial charge in [0.2, 0.25) is 0 Å². The van der Waals surface area contributed by atoms with Crippen molar-refractivity contribution >= 4 is 17.4 Å². The fourth-order valence-electron chi connectivity index (χ4n) is 4.28. The van der Waals surface area contributed by atoms with Crippen LogP contribution in [0.15, 0.2) is 78.4 Å². The summed E-state index contributed by atoms with van der Waals surface area (Å²) in [7, 11) is 4.68. The Hall–Kier alpha value is -4.26. The van der Waals surface area contributed by atoms with E-state index in [1.54, 1.807) is 51.7 Å². The minimum atomic E-state index is -0.710. The van der Waals surface area contributed by atoms with Crippen LogP contribution >= 0.6 is 0 Å². The zero-order chi connectivity index (χ0) is 24.9. The molecule has 1 aliphatic rings. The van der Waals surface area contributed by atoms with E-state index in [2.05, 4.69) is 0 Å². The molecule has 0 bridgehead atoms. The molecule has 0 aliphatic carbocycles. The summed E-state index contributed by atoms with van der Waals surface area (Å²) in [5.74, 6) is 0.255. The first-order chi connectivity index (χ1) is 17.0. The summed E-state index contributed by atoms with van der Waals surface area (Å²) in [6, 6.07) is 20.8. The predicted molar refractivity (Wildman–Crippen MR) is 132 cm³/mol. The van der Waals surface area contributed by atoms with Crippen molar-refractivity contribution in [3.8, 4) is 17.2 Å². The van der Waals surface area contributed by atoms with Gasteiger partial charge in [-0.15, -0.1) is 0 Å². The molecule has 0 radical (unpaired) electrons. The number of carbonyl (C=O) groups is 2. The van der Waals surface area contributed by atoms with Gasteiger partial charge in [-0.2, -0.15) is 0 Å². The number of amides is 1. The van der Waals surface area contributed by atoms with Gasteiger partial charge in [-0.05, 0) is 53.9 Å². The maximum atomic E-state index is 13.2. The largest absolute Gasteiger partial charge is 0.507 e. The highest BCUT2D eigenvalue weighted by Crippen LogP contribution is 2.39. The van der Waals surface area contributed by atoms with Crippen molar-refractivity contribution in [2.75, 3.05) is 27.9 Å². The fraction of sp³-hybridized carbons (Fsp3) is 0.214. The smallest absolute Gasteiger partial charge is 0.295 e. The molecule has 1 N–H and O–H groups in total. The first-order valence-electron chi connectivity index (χ1n) is 11.2. The molecule has 0 saturated carbocycles. The van der Waals surface area contributed by atoms with Crippen LogP contribution in [0.25, 0.3) is 5.76 Å². The van der Waals surface area contributed by atoms with Gasteiger partial charge in [0.25, 0.3) is 11.7 Å². The monoisotopic (exact) mass is 473 g/mol. The maximum Gasteiger partial charge on any atom is 0.295 e. The number of hydrogen-bond donors (Lipinski definition) is 1. The summed E-state index contributed by atoms with van der Waals surface area (Å²) in [6.45, 7) is 0.277. The lowest BCUT2D eigenvalue weighted by Crippen LogP contribution is -2.31. The highest BCUT2D eigenvalue weighted by Gasteiger charge is 2.45. The van der Waals surface area contributed by atoms with E-state index in [1.807, 2.05) is 42.5 Å². The van der Waals surface area contributed by atoms with Gasteiger partial charge in [0, 0.05) is 12.1 Å². The third-order valence-corrected chi connectivity index (χ3v) is 6.11. The van der Waals surface area contributed by atoms with Crippen LogP contribution in [-0.2, 0) is 16.0 Å². The summed E-state index contributed by atoms with van der Waals surface area (Å²) in [4.78, 5) is 27.8. The highest BCUT2D eigenvalue weighted by atomic mass is 16.5. The zero-order valence-electron chi connectivity index (χ0n) is 19.9. The molecule has 180 valence electrons. The number of benzene rings is 3.